The van der Waals surface area contributed by atoms with Crippen LogP contribution in [0.5, 0.6) is 0 Å². The molecule has 0 aromatic carbocycles. The third-order valence-corrected chi connectivity index (χ3v) is 0.966. The first-order valence-corrected chi connectivity index (χ1v) is 2.93. The van der Waals surface area contributed by atoms with Crippen molar-refractivity contribution in [3.05, 3.63) is 0 Å². The molecule has 7 heavy (non-hydrogen) atoms. The zero-order valence-corrected chi connectivity index (χ0v) is 7.12. The average molecular weight is 161 g/mol. The van der Waals surface area contributed by atoms with Crippen molar-refractivity contribution >= 4 is 9.24 Å². The first-order chi connectivity index (χ1) is 2.41. The van der Waals surface area contributed by atoms with Crippen molar-refractivity contribution in [3.63, 3.8) is 0 Å². The van der Waals surface area contributed by atoms with E-state index >= 15 is 0 Å². The van der Waals surface area contributed by atoms with E-state index in [9.17, 15) is 0 Å². The molecule has 0 saturated heterocycles. The Morgan fingerprint density at radius 1 is 1.29 bits per heavy atom. The number of halogens is 2. The van der Waals surface area contributed by atoms with E-state index in [1.165, 1.54) is 19.0 Å². The van der Waals surface area contributed by atoms with Gasteiger partial charge in [-0.25, -0.2) is 0 Å². The predicted molar refractivity (Wildman–Crippen MR) is 29.5 cm³/mol. The minimum absolute atomic E-state index is 0. The molecule has 0 aromatic rings. The van der Waals surface area contributed by atoms with E-state index in [1.807, 2.05) is 0 Å². The van der Waals surface area contributed by atoms with Crippen LogP contribution in [0.4, 0.5) is 0 Å². The molecular formula is C4H11Cl2P-2. The van der Waals surface area contributed by atoms with Gasteiger partial charge in [-0.15, -0.1) is 9.24 Å². The highest BCUT2D eigenvalue weighted by Gasteiger charge is 1.68. The maximum absolute atomic E-state index is 2.70. The van der Waals surface area contributed by atoms with Gasteiger partial charge in [0.15, 0.2) is 0 Å². The summed E-state index contributed by atoms with van der Waals surface area (Å²) in [4.78, 5) is 0. The minimum atomic E-state index is 0. The zero-order chi connectivity index (χ0) is 4.12. The molecule has 0 bridgehead atoms. The molecule has 0 radical (unpaired) electrons. The molecule has 0 rings (SSSR count). The van der Waals surface area contributed by atoms with E-state index in [1.54, 1.807) is 0 Å². The van der Waals surface area contributed by atoms with Crippen LogP contribution < -0.4 is 24.8 Å². The Hall–Kier alpha value is 1.01. The number of hydrogen-bond acceptors (Lipinski definition) is 0. The number of rotatable bonds is 2. The van der Waals surface area contributed by atoms with Crippen molar-refractivity contribution in [3.8, 4) is 0 Å². The molecule has 0 nitrogen and oxygen atoms in total. The molecule has 0 fully saturated rings. The summed E-state index contributed by atoms with van der Waals surface area (Å²) in [6.07, 6.45) is 3.94. The van der Waals surface area contributed by atoms with Gasteiger partial charge in [0.25, 0.3) is 0 Å². The SMILES string of the molecule is CCCCP.[Cl-].[Cl-]. The minimum Gasteiger partial charge on any atom is -1.00 e. The summed E-state index contributed by atoms with van der Waals surface area (Å²) in [7, 11) is 2.70. The molecule has 0 N–H and O–H groups in total. The second-order valence-electron chi connectivity index (χ2n) is 1.14. The second kappa shape index (κ2) is 15.7. The summed E-state index contributed by atoms with van der Waals surface area (Å²) in [5.41, 5.74) is 0. The fraction of sp³-hybridized carbons (Fsp3) is 1.00. The van der Waals surface area contributed by atoms with E-state index in [0.717, 1.165) is 0 Å². The molecular weight excluding hydrogens is 150 g/mol. The van der Waals surface area contributed by atoms with Crippen LogP contribution >= 0.6 is 9.24 Å². The van der Waals surface area contributed by atoms with Crippen LogP contribution in [0.25, 0.3) is 0 Å². The molecule has 0 aromatic heterocycles. The van der Waals surface area contributed by atoms with Crippen molar-refractivity contribution in [2.24, 2.45) is 0 Å². The van der Waals surface area contributed by atoms with E-state index in [4.69, 9.17) is 0 Å². The fourth-order valence-corrected chi connectivity index (χ4v) is 0.612. The molecule has 1 unspecified atom stereocenters. The smallest absolute Gasteiger partial charge is 0.0381 e. The first kappa shape index (κ1) is 15.7. The summed E-state index contributed by atoms with van der Waals surface area (Å²) >= 11 is 0. The maximum atomic E-state index is 2.70. The van der Waals surface area contributed by atoms with Crippen molar-refractivity contribution in [2.75, 3.05) is 6.16 Å². The summed E-state index contributed by atoms with van der Waals surface area (Å²) in [5, 5.41) is 0. The summed E-state index contributed by atoms with van der Waals surface area (Å²) < 4.78 is 0. The molecule has 48 valence electrons. The van der Waals surface area contributed by atoms with Crippen LogP contribution in [0.1, 0.15) is 19.8 Å². The van der Waals surface area contributed by atoms with Crippen molar-refractivity contribution in [2.45, 2.75) is 19.8 Å². The van der Waals surface area contributed by atoms with Gasteiger partial charge in [-0.1, -0.05) is 19.8 Å². The van der Waals surface area contributed by atoms with Gasteiger partial charge in [0, 0.05) is 0 Å². The summed E-state index contributed by atoms with van der Waals surface area (Å²) in [5.74, 6) is 0. The van der Waals surface area contributed by atoms with Crippen LogP contribution in [0.15, 0.2) is 0 Å². The zero-order valence-electron chi connectivity index (χ0n) is 4.45. The normalized spacial score (nSPS) is 6.00. The highest BCUT2D eigenvalue weighted by atomic mass is 35.5. The van der Waals surface area contributed by atoms with E-state index in [0.29, 0.717) is 0 Å². The number of unbranched alkanes of at least 4 members (excludes halogenated alkanes) is 1. The molecule has 0 aliphatic carbocycles. The second-order valence-corrected chi connectivity index (χ2v) is 1.72. The van der Waals surface area contributed by atoms with Crippen LogP contribution in [-0.2, 0) is 0 Å². The highest BCUT2D eigenvalue weighted by Crippen LogP contribution is 1.89. The maximum Gasteiger partial charge on any atom is -0.0381 e. The first-order valence-electron chi connectivity index (χ1n) is 2.12. The van der Waals surface area contributed by atoms with Crippen LogP contribution in [0, 0.1) is 0 Å². The topological polar surface area (TPSA) is 0 Å². The third-order valence-electron chi connectivity index (χ3n) is 0.558. The Kier molecular flexibility index (Phi) is 35.3. The lowest BCUT2D eigenvalue weighted by Crippen LogP contribution is -3.00. The van der Waals surface area contributed by atoms with E-state index < -0.39 is 0 Å². The standard InChI is InChI=1S/C4H11P.2ClH/c1-2-3-4-5;;/h2-5H2,1H3;2*1H/p-2. The third kappa shape index (κ3) is 19.4. The number of hydrogen-bond donors (Lipinski definition) is 0. The molecule has 1 atom stereocenters. The molecule has 0 heterocycles. The Balaban J connectivity index is -0.0000000800. The van der Waals surface area contributed by atoms with Gasteiger partial charge in [-0.2, -0.15) is 0 Å². The van der Waals surface area contributed by atoms with Crippen molar-refractivity contribution < 1.29 is 24.8 Å². The van der Waals surface area contributed by atoms with Crippen molar-refractivity contribution in [1.82, 2.24) is 0 Å². The van der Waals surface area contributed by atoms with Gasteiger partial charge in [-0.05, 0) is 6.16 Å². The van der Waals surface area contributed by atoms with E-state index in [-0.39, 0.29) is 24.8 Å². The van der Waals surface area contributed by atoms with Crippen LogP contribution in [0.3, 0.4) is 0 Å². The summed E-state index contributed by atoms with van der Waals surface area (Å²) in [6, 6.07) is 0. The average Bonchev–Trinajstić information content (AvgIpc) is 1.41. The Bertz CT molecular complexity index is 17.2. The Labute approximate surface area is 60.5 Å². The van der Waals surface area contributed by atoms with Gasteiger partial charge in [0.05, 0.1) is 0 Å². The fourth-order valence-electron chi connectivity index (χ4n) is 0.204. The van der Waals surface area contributed by atoms with Gasteiger partial charge in [-0.3, -0.25) is 0 Å². The molecule has 3 heteroatoms. The molecule has 0 amide bonds. The van der Waals surface area contributed by atoms with Gasteiger partial charge in [0.2, 0.25) is 0 Å². The van der Waals surface area contributed by atoms with Gasteiger partial charge in [0.1, 0.15) is 0 Å². The largest absolute Gasteiger partial charge is 1.00 e. The lowest BCUT2D eigenvalue weighted by molar-refractivity contribution is -0.00100. The summed E-state index contributed by atoms with van der Waals surface area (Å²) in [6.45, 7) is 2.20. The van der Waals surface area contributed by atoms with Gasteiger partial charge < -0.3 is 24.8 Å². The Morgan fingerprint density at radius 2 is 1.71 bits per heavy atom. The van der Waals surface area contributed by atoms with E-state index in [2.05, 4.69) is 16.2 Å². The van der Waals surface area contributed by atoms with Crippen molar-refractivity contribution in [1.29, 1.82) is 0 Å². The van der Waals surface area contributed by atoms with Gasteiger partial charge >= 0.3 is 0 Å². The Morgan fingerprint density at radius 3 is 1.71 bits per heavy atom. The monoisotopic (exact) mass is 160 g/mol. The molecule has 0 saturated carbocycles. The lowest BCUT2D eigenvalue weighted by Gasteiger charge is -1.79. The highest BCUT2D eigenvalue weighted by molar-refractivity contribution is 7.16. The lowest BCUT2D eigenvalue weighted by atomic mass is 10.4. The molecule has 0 spiro atoms. The molecule has 0 aliphatic rings. The van der Waals surface area contributed by atoms with Crippen LogP contribution in [-0.4, -0.2) is 6.16 Å². The molecule has 0 aliphatic heterocycles. The quantitative estimate of drug-likeness (QED) is 0.359. The predicted octanol–water partition coefficient (Wildman–Crippen LogP) is -4.33. The van der Waals surface area contributed by atoms with Crippen LogP contribution in [0.2, 0.25) is 0 Å².